The molecule has 0 fully saturated rings. The van der Waals surface area contributed by atoms with E-state index in [1.54, 1.807) is 23.9 Å². The van der Waals surface area contributed by atoms with E-state index < -0.39 is 12.0 Å². The Labute approximate surface area is 99.5 Å². The van der Waals surface area contributed by atoms with Crippen molar-refractivity contribution in [2.45, 2.75) is 19.4 Å². The zero-order valence-corrected chi connectivity index (χ0v) is 9.58. The average Bonchev–Trinajstić information content (AvgIpc) is 2.77. The molecule has 4 nitrogen and oxygen atoms in total. The van der Waals surface area contributed by atoms with Gasteiger partial charge in [-0.05, 0) is 12.5 Å². The minimum absolute atomic E-state index is 0.587. The molecular weight excluding hydrogens is 216 g/mol. The van der Waals surface area contributed by atoms with Crippen LogP contribution in [0.3, 0.4) is 0 Å². The average molecular weight is 230 g/mol. The lowest BCUT2D eigenvalue weighted by molar-refractivity contribution is -0.140. The molecular formula is C13H14N2O2. The van der Waals surface area contributed by atoms with Crippen molar-refractivity contribution in [3.05, 3.63) is 54.1 Å². The van der Waals surface area contributed by atoms with Gasteiger partial charge in [0.25, 0.3) is 0 Å². The Bertz CT molecular complexity index is 505. The Morgan fingerprint density at radius 1 is 1.41 bits per heavy atom. The van der Waals surface area contributed by atoms with E-state index in [0.29, 0.717) is 6.42 Å². The fraction of sp³-hybridized carbons (Fsp3) is 0.231. The van der Waals surface area contributed by atoms with Gasteiger partial charge in [-0.3, -0.25) is 0 Å². The Hall–Kier alpha value is -2.10. The summed E-state index contributed by atoms with van der Waals surface area (Å²) in [5.41, 5.74) is 1.12. The third kappa shape index (κ3) is 2.53. The number of imidazole rings is 1. The van der Waals surface area contributed by atoms with Crippen molar-refractivity contribution in [2.75, 3.05) is 0 Å². The minimum Gasteiger partial charge on any atom is -0.480 e. The molecule has 0 radical (unpaired) electrons. The molecule has 0 bridgehead atoms. The zero-order valence-electron chi connectivity index (χ0n) is 9.58. The van der Waals surface area contributed by atoms with Gasteiger partial charge in [-0.2, -0.15) is 0 Å². The SMILES string of the molecule is CC(C(=O)O)n1ccnc1Cc1ccccc1. The van der Waals surface area contributed by atoms with Crippen molar-refractivity contribution in [2.24, 2.45) is 0 Å². The van der Waals surface area contributed by atoms with Crippen molar-refractivity contribution in [1.29, 1.82) is 0 Å². The van der Waals surface area contributed by atoms with Crippen molar-refractivity contribution >= 4 is 5.97 Å². The van der Waals surface area contributed by atoms with Crippen LogP contribution in [0.25, 0.3) is 0 Å². The first-order valence-corrected chi connectivity index (χ1v) is 5.47. The van der Waals surface area contributed by atoms with Gasteiger partial charge in [-0.1, -0.05) is 30.3 Å². The molecule has 0 saturated heterocycles. The van der Waals surface area contributed by atoms with E-state index >= 15 is 0 Å². The number of carbonyl (C=O) groups is 1. The van der Waals surface area contributed by atoms with Crippen LogP contribution in [0.4, 0.5) is 0 Å². The van der Waals surface area contributed by atoms with Gasteiger partial charge in [0.15, 0.2) is 0 Å². The highest BCUT2D eigenvalue weighted by Gasteiger charge is 2.16. The van der Waals surface area contributed by atoms with Gasteiger partial charge >= 0.3 is 5.97 Å². The molecule has 2 aromatic rings. The predicted octanol–water partition coefficient (Wildman–Crippen LogP) is 2.12. The van der Waals surface area contributed by atoms with Gasteiger partial charge in [0.2, 0.25) is 0 Å². The van der Waals surface area contributed by atoms with Crippen LogP contribution in [0.15, 0.2) is 42.7 Å². The Kier molecular flexibility index (Phi) is 3.23. The molecule has 4 heteroatoms. The van der Waals surface area contributed by atoms with Crippen LogP contribution in [0.1, 0.15) is 24.4 Å². The third-order valence-corrected chi connectivity index (χ3v) is 2.73. The molecule has 1 N–H and O–H groups in total. The number of carboxylic acids is 1. The molecule has 0 aliphatic heterocycles. The summed E-state index contributed by atoms with van der Waals surface area (Å²) in [5.74, 6) is -0.0802. The monoisotopic (exact) mass is 230 g/mol. The van der Waals surface area contributed by atoms with E-state index in [9.17, 15) is 4.79 Å². The van der Waals surface area contributed by atoms with Crippen molar-refractivity contribution in [1.82, 2.24) is 9.55 Å². The number of carboxylic acid groups (broad SMARTS) is 1. The van der Waals surface area contributed by atoms with Crippen LogP contribution in [0.2, 0.25) is 0 Å². The summed E-state index contributed by atoms with van der Waals surface area (Å²) in [4.78, 5) is 15.2. The largest absolute Gasteiger partial charge is 0.480 e. The summed E-state index contributed by atoms with van der Waals surface area (Å²) in [5, 5.41) is 9.00. The predicted molar refractivity (Wildman–Crippen MR) is 63.8 cm³/mol. The van der Waals surface area contributed by atoms with Crippen LogP contribution in [-0.2, 0) is 11.2 Å². The van der Waals surface area contributed by atoms with Gasteiger partial charge in [0.05, 0.1) is 0 Å². The molecule has 88 valence electrons. The summed E-state index contributed by atoms with van der Waals surface area (Å²) in [7, 11) is 0. The van der Waals surface area contributed by atoms with E-state index in [2.05, 4.69) is 4.98 Å². The lowest BCUT2D eigenvalue weighted by atomic mass is 10.1. The van der Waals surface area contributed by atoms with Crippen molar-refractivity contribution in [3.8, 4) is 0 Å². The Morgan fingerprint density at radius 3 is 2.76 bits per heavy atom. The lowest BCUT2D eigenvalue weighted by Gasteiger charge is -2.11. The topological polar surface area (TPSA) is 55.1 Å². The molecule has 0 saturated carbocycles. The number of hydrogen-bond donors (Lipinski definition) is 1. The lowest BCUT2D eigenvalue weighted by Crippen LogP contribution is -2.17. The number of benzene rings is 1. The Morgan fingerprint density at radius 2 is 2.12 bits per heavy atom. The fourth-order valence-electron chi connectivity index (χ4n) is 1.73. The third-order valence-electron chi connectivity index (χ3n) is 2.73. The highest BCUT2D eigenvalue weighted by molar-refractivity contribution is 5.71. The normalized spacial score (nSPS) is 12.3. The van der Waals surface area contributed by atoms with Gasteiger partial charge < -0.3 is 9.67 Å². The maximum atomic E-state index is 11.0. The first-order valence-electron chi connectivity index (χ1n) is 5.47. The smallest absolute Gasteiger partial charge is 0.326 e. The van der Waals surface area contributed by atoms with Gasteiger partial charge in [-0.15, -0.1) is 0 Å². The summed E-state index contributed by atoms with van der Waals surface area (Å²) < 4.78 is 1.69. The first kappa shape index (κ1) is 11.4. The molecule has 0 amide bonds. The van der Waals surface area contributed by atoms with Crippen LogP contribution < -0.4 is 0 Å². The summed E-state index contributed by atoms with van der Waals surface area (Å²) >= 11 is 0. The number of hydrogen-bond acceptors (Lipinski definition) is 2. The molecule has 0 aliphatic carbocycles. The molecule has 1 aromatic carbocycles. The minimum atomic E-state index is -0.850. The number of nitrogens with zero attached hydrogens (tertiary/aromatic N) is 2. The number of aliphatic carboxylic acids is 1. The fourth-order valence-corrected chi connectivity index (χ4v) is 1.73. The Balaban J connectivity index is 2.23. The zero-order chi connectivity index (χ0) is 12.3. The molecule has 1 heterocycles. The summed E-state index contributed by atoms with van der Waals surface area (Å²) in [6, 6.07) is 9.30. The standard InChI is InChI=1S/C13H14N2O2/c1-10(13(16)17)15-8-7-14-12(15)9-11-5-3-2-4-6-11/h2-8,10H,9H2,1H3,(H,16,17). The van der Waals surface area contributed by atoms with E-state index in [-0.39, 0.29) is 0 Å². The maximum Gasteiger partial charge on any atom is 0.326 e. The van der Waals surface area contributed by atoms with Crippen LogP contribution in [0.5, 0.6) is 0 Å². The molecule has 2 rings (SSSR count). The highest BCUT2D eigenvalue weighted by atomic mass is 16.4. The van der Waals surface area contributed by atoms with Gasteiger partial charge in [0.1, 0.15) is 11.9 Å². The van der Waals surface area contributed by atoms with E-state index in [4.69, 9.17) is 5.11 Å². The summed E-state index contributed by atoms with van der Waals surface area (Å²) in [6.07, 6.45) is 3.99. The molecule has 1 atom stereocenters. The van der Waals surface area contributed by atoms with Gasteiger partial charge in [-0.25, -0.2) is 9.78 Å². The van der Waals surface area contributed by atoms with E-state index in [1.165, 1.54) is 0 Å². The molecule has 1 aromatic heterocycles. The second kappa shape index (κ2) is 4.82. The van der Waals surface area contributed by atoms with Crippen LogP contribution in [0, 0.1) is 0 Å². The second-order valence-electron chi connectivity index (χ2n) is 3.93. The van der Waals surface area contributed by atoms with E-state index in [0.717, 1.165) is 11.4 Å². The molecule has 0 spiro atoms. The van der Waals surface area contributed by atoms with Crippen molar-refractivity contribution in [3.63, 3.8) is 0 Å². The quantitative estimate of drug-likeness (QED) is 0.875. The van der Waals surface area contributed by atoms with Crippen molar-refractivity contribution < 1.29 is 9.90 Å². The second-order valence-corrected chi connectivity index (χ2v) is 3.93. The first-order chi connectivity index (χ1) is 8.18. The number of rotatable bonds is 4. The maximum absolute atomic E-state index is 11.0. The number of aromatic nitrogens is 2. The summed E-state index contributed by atoms with van der Waals surface area (Å²) in [6.45, 7) is 1.65. The molecule has 17 heavy (non-hydrogen) atoms. The molecule has 0 aliphatic rings. The highest BCUT2D eigenvalue weighted by Crippen LogP contribution is 2.13. The van der Waals surface area contributed by atoms with Crippen LogP contribution >= 0.6 is 0 Å². The van der Waals surface area contributed by atoms with Gasteiger partial charge in [0, 0.05) is 18.8 Å². The van der Waals surface area contributed by atoms with E-state index in [1.807, 2.05) is 30.3 Å². The van der Waals surface area contributed by atoms with Crippen LogP contribution in [-0.4, -0.2) is 20.6 Å². The molecule has 1 unspecified atom stereocenters.